The van der Waals surface area contributed by atoms with Crippen molar-refractivity contribution in [2.75, 3.05) is 23.3 Å². The molecule has 2 heterocycles. The highest BCUT2D eigenvalue weighted by molar-refractivity contribution is 6.04. The number of nitro benzene ring substituents is 1. The summed E-state index contributed by atoms with van der Waals surface area (Å²) in [6.45, 7) is 1.49. The summed E-state index contributed by atoms with van der Waals surface area (Å²) in [6.07, 6.45) is 3.05. The van der Waals surface area contributed by atoms with Crippen LogP contribution in [0.2, 0.25) is 0 Å². The van der Waals surface area contributed by atoms with Crippen LogP contribution in [-0.4, -0.2) is 33.9 Å². The largest absolute Gasteiger partial charge is 0.366 e. The van der Waals surface area contributed by atoms with E-state index in [1.807, 2.05) is 4.90 Å². The van der Waals surface area contributed by atoms with Crippen LogP contribution in [0.1, 0.15) is 41.0 Å². The number of amides is 1. The molecular formula is C17H15N7O3. The molecule has 0 atom stereocenters. The number of piperidine rings is 1. The number of anilines is 2. The van der Waals surface area contributed by atoms with E-state index in [1.165, 1.54) is 12.1 Å². The number of H-pyrrole nitrogens is 1. The van der Waals surface area contributed by atoms with E-state index in [9.17, 15) is 14.9 Å². The number of carbonyl (C=O) groups excluding carboxylic acids is 1. The summed E-state index contributed by atoms with van der Waals surface area (Å²) < 4.78 is 0. The average molecular weight is 365 g/mol. The Bertz CT molecular complexity index is 946. The molecule has 2 aromatic rings. The zero-order valence-electron chi connectivity index (χ0n) is 14.2. The lowest BCUT2D eigenvalue weighted by molar-refractivity contribution is -0.384. The molecule has 1 aromatic carbocycles. The van der Waals surface area contributed by atoms with Crippen LogP contribution in [0, 0.1) is 32.8 Å². The number of rotatable bonds is 4. The lowest BCUT2D eigenvalue weighted by Crippen LogP contribution is -2.30. The minimum Gasteiger partial charge on any atom is -0.366 e. The number of imidazole rings is 1. The third kappa shape index (κ3) is 3.70. The molecule has 10 heteroatoms. The fourth-order valence-electron chi connectivity index (χ4n) is 2.99. The Morgan fingerprint density at radius 2 is 2.00 bits per heavy atom. The number of hydrogen-bond acceptors (Lipinski definition) is 7. The monoisotopic (exact) mass is 365 g/mol. The first-order chi connectivity index (χ1) is 13.0. The van der Waals surface area contributed by atoms with Crippen molar-refractivity contribution < 1.29 is 9.72 Å². The second kappa shape index (κ2) is 7.54. The first-order valence-electron chi connectivity index (χ1n) is 8.28. The van der Waals surface area contributed by atoms with Gasteiger partial charge >= 0.3 is 0 Å². The van der Waals surface area contributed by atoms with Gasteiger partial charge in [0.15, 0.2) is 11.4 Å². The van der Waals surface area contributed by atoms with Gasteiger partial charge in [0.2, 0.25) is 5.95 Å². The highest BCUT2D eigenvalue weighted by Gasteiger charge is 2.23. The zero-order chi connectivity index (χ0) is 19.4. The molecule has 27 heavy (non-hydrogen) atoms. The molecule has 3 rings (SSSR count). The maximum absolute atomic E-state index is 12.4. The minimum atomic E-state index is -0.633. The number of nitro groups is 1. The Labute approximate surface area is 154 Å². The molecule has 1 aliphatic heterocycles. The van der Waals surface area contributed by atoms with Gasteiger partial charge < -0.3 is 9.88 Å². The number of benzene rings is 1. The summed E-state index contributed by atoms with van der Waals surface area (Å²) in [7, 11) is 0. The highest BCUT2D eigenvalue weighted by Crippen LogP contribution is 2.31. The van der Waals surface area contributed by atoms with Crippen molar-refractivity contribution in [3.05, 3.63) is 45.3 Å². The number of aromatic amines is 1. The van der Waals surface area contributed by atoms with Gasteiger partial charge in [-0.2, -0.15) is 10.5 Å². The third-order valence-electron chi connectivity index (χ3n) is 4.28. The fourth-order valence-corrected chi connectivity index (χ4v) is 2.99. The molecule has 0 bridgehead atoms. The van der Waals surface area contributed by atoms with Crippen molar-refractivity contribution in [2.45, 2.75) is 19.3 Å². The van der Waals surface area contributed by atoms with Gasteiger partial charge in [0.25, 0.3) is 11.6 Å². The summed E-state index contributed by atoms with van der Waals surface area (Å²) >= 11 is 0. The Morgan fingerprint density at radius 1 is 1.26 bits per heavy atom. The summed E-state index contributed by atoms with van der Waals surface area (Å²) in [6, 6.07) is 7.80. The molecule has 2 N–H and O–H groups in total. The Hall–Kier alpha value is -3.92. The molecule has 1 aliphatic rings. The SMILES string of the molecule is N#Cc1nc(NC(=O)c2ccc(N3CCCCC3)c([N+](=O)[O-])c2)[nH]c1C#N. The van der Waals surface area contributed by atoms with Crippen molar-refractivity contribution in [1.82, 2.24) is 9.97 Å². The van der Waals surface area contributed by atoms with Gasteiger partial charge in [-0.1, -0.05) is 0 Å². The van der Waals surface area contributed by atoms with Gasteiger partial charge in [-0.3, -0.25) is 20.2 Å². The number of carbonyl (C=O) groups is 1. The van der Waals surface area contributed by atoms with Crippen LogP contribution in [0.3, 0.4) is 0 Å². The maximum atomic E-state index is 12.4. The van der Waals surface area contributed by atoms with E-state index in [2.05, 4.69) is 15.3 Å². The van der Waals surface area contributed by atoms with E-state index in [4.69, 9.17) is 10.5 Å². The number of nitrogens with zero attached hydrogens (tertiary/aromatic N) is 5. The second-order valence-corrected chi connectivity index (χ2v) is 6.00. The first-order valence-corrected chi connectivity index (χ1v) is 8.28. The average Bonchev–Trinajstić information content (AvgIpc) is 3.10. The lowest BCUT2D eigenvalue weighted by atomic mass is 10.1. The molecule has 0 radical (unpaired) electrons. The van der Waals surface area contributed by atoms with Crippen molar-refractivity contribution in [3.63, 3.8) is 0 Å². The predicted octanol–water partition coefficient (Wildman–Crippen LogP) is 2.30. The normalized spacial score (nSPS) is 13.5. The van der Waals surface area contributed by atoms with Gasteiger partial charge in [-0.25, -0.2) is 4.98 Å². The van der Waals surface area contributed by atoms with E-state index < -0.39 is 10.8 Å². The van der Waals surface area contributed by atoms with E-state index in [-0.39, 0.29) is 28.6 Å². The first kappa shape index (κ1) is 17.9. The summed E-state index contributed by atoms with van der Waals surface area (Å²) in [4.78, 5) is 31.6. The molecule has 1 amide bonds. The van der Waals surface area contributed by atoms with Crippen molar-refractivity contribution >= 4 is 23.2 Å². The van der Waals surface area contributed by atoms with E-state index in [1.54, 1.807) is 18.2 Å². The number of hydrogen-bond donors (Lipinski definition) is 2. The molecule has 1 fully saturated rings. The van der Waals surface area contributed by atoms with E-state index in [0.717, 1.165) is 32.4 Å². The molecular weight excluding hydrogens is 350 g/mol. The Balaban J connectivity index is 1.86. The van der Waals surface area contributed by atoms with Gasteiger partial charge in [-0.15, -0.1) is 0 Å². The number of nitriles is 2. The number of nitrogens with one attached hydrogen (secondary N) is 2. The van der Waals surface area contributed by atoms with Crippen molar-refractivity contribution in [3.8, 4) is 12.1 Å². The van der Waals surface area contributed by atoms with Crippen LogP contribution in [-0.2, 0) is 0 Å². The summed E-state index contributed by atoms with van der Waals surface area (Å²) in [5, 5.41) is 31.7. The van der Waals surface area contributed by atoms with Gasteiger partial charge in [-0.05, 0) is 31.4 Å². The van der Waals surface area contributed by atoms with Crippen LogP contribution >= 0.6 is 0 Å². The van der Waals surface area contributed by atoms with Gasteiger partial charge in [0, 0.05) is 24.7 Å². The van der Waals surface area contributed by atoms with Crippen LogP contribution in [0.25, 0.3) is 0 Å². The molecule has 0 saturated carbocycles. The van der Waals surface area contributed by atoms with Crippen LogP contribution < -0.4 is 10.2 Å². The topological polar surface area (TPSA) is 152 Å². The fraction of sp³-hybridized carbons (Fsp3) is 0.294. The third-order valence-corrected chi connectivity index (χ3v) is 4.28. The van der Waals surface area contributed by atoms with E-state index >= 15 is 0 Å². The molecule has 1 saturated heterocycles. The molecule has 0 aliphatic carbocycles. The standard InChI is InChI=1S/C17H15N7O3/c18-9-12-13(10-19)21-17(20-12)22-16(25)11-4-5-14(15(8-11)24(26)27)23-6-2-1-3-7-23/h4-5,8H,1-3,6-7H2,(H2,20,21,22,25). The molecule has 1 aromatic heterocycles. The summed E-state index contributed by atoms with van der Waals surface area (Å²) in [5.41, 5.74) is 0.224. The molecule has 10 nitrogen and oxygen atoms in total. The lowest BCUT2D eigenvalue weighted by Gasteiger charge is -2.28. The van der Waals surface area contributed by atoms with E-state index in [0.29, 0.717) is 5.69 Å². The van der Waals surface area contributed by atoms with Gasteiger partial charge in [0.05, 0.1) is 4.92 Å². The number of aromatic nitrogens is 2. The zero-order valence-corrected chi connectivity index (χ0v) is 14.2. The predicted molar refractivity (Wildman–Crippen MR) is 95.1 cm³/mol. The van der Waals surface area contributed by atoms with Crippen LogP contribution in [0.5, 0.6) is 0 Å². The summed E-state index contributed by atoms with van der Waals surface area (Å²) in [5.74, 6) is -0.707. The smallest absolute Gasteiger partial charge is 0.293 e. The molecule has 136 valence electrons. The minimum absolute atomic E-state index is 0.0702. The van der Waals surface area contributed by atoms with Gasteiger partial charge in [0.1, 0.15) is 17.8 Å². The second-order valence-electron chi connectivity index (χ2n) is 6.00. The quantitative estimate of drug-likeness (QED) is 0.623. The molecule has 0 spiro atoms. The van der Waals surface area contributed by atoms with Crippen LogP contribution in [0.15, 0.2) is 18.2 Å². The molecule has 0 unspecified atom stereocenters. The maximum Gasteiger partial charge on any atom is 0.293 e. The Morgan fingerprint density at radius 3 is 2.59 bits per heavy atom. The van der Waals surface area contributed by atoms with Crippen molar-refractivity contribution in [1.29, 1.82) is 10.5 Å². The van der Waals surface area contributed by atoms with Crippen LogP contribution in [0.4, 0.5) is 17.3 Å². The Kier molecular flexibility index (Phi) is 4.99. The van der Waals surface area contributed by atoms with Crippen molar-refractivity contribution in [2.24, 2.45) is 0 Å². The highest BCUT2D eigenvalue weighted by atomic mass is 16.6.